The van der Waals surface area contributed by atoms with Crippen LogP contribution < -0.4 is 0 Å². The number of unbranched alkanes of at least 4 members (excludes halogenated alkanes) is 1. The van der Waals surface area contributed by atoms with Crippen molar-refractivity contribution in [1.82, 2.24) is 0 Å². The van der Waals surface area contributed by atoms with Crippen LogP contribution >= 0.6 is 0 Å². The van der Waals surface area contributed by atoms with Gasteiger partial charge >= 0.3 is 0 Å². The van der Waals surface area contributed by atoms with Crippen LogP contribution in [-0.4, -0.2) is 11.2 Å². The summed E-state index contributed by atoms with van der Waals surface area (Å²) >= 11 is 0. The summed E-state index contributed by atoms with van der Waals surface area (Å²) < 4.78 is 0. The van der Waals surface area contributed by atoms with Crippen molar-refractivity contribution in [2.24, 2.45) is 11.8 Å². The molecule has 3 unspecified atom stereocenters. The Balaban J connectivity index is 2.69. The first kappa shape index (κ1) is 15.0. The van der Waals surface area contributed by atoms with Crippen molar-refractivity contribution in [1.29, 1.82) is 0 Å². The van der Waals surface area contributed by atoms with E-state index in [1.54, 1.807) is 0 Å². The second-order valence-corrected chi connectivity index (χ2v) is 5.14. The maximum atomic E-state index is 9.97. The molecule has 18 heavy (non-hydrogen) atoms. The predicted molar refractivity (Wildman–Crippen MR) is 78.5 cm³/mol. The molecule has 100 valence electrons. The van der Waals surface area contributed by atoms with Gasteiger partial charge in [-0.1, -0.05) is 56.2 Å². The molecule has 1 nitrogen and oxygen atoms in total. The summed E-state index contributed by atoms with van der Waals surface area (Å²) in [6.45, 7) is 8.06. The Bertz CT molecular complexity index is 329. The van der Waals surface area contributed by atoms with Gasteiger partial charge in [0.1, 0.15) is 0 Å². The lowest BCUT2D eigenvalue weighted by Gasteiger charge is -2.27. The molecule has 0 fully saturated rings. The van der Waals surface area contributed by atoms with Gasteiger partial charge in [0.2, 0.25) is 0 Å². The van der Waals surface area contributed by atoms with Gasteiger partial charge in [-0.2, -0.15) is 0 Å². The molecule has 0 radical (unpaired) electrons. The third-order valence-corrected chi connectivity index (χ3v) is 3.68. The van der Waals surface area contributed by atoms with Crippen LogP contribution in [0.2, 0.25) is 0 Å². The van der Waals surface area contributed by atoms with Crippen LogP contribution in [0.3, 0.4) is 0 Å². The Hall–Kier alpha value is -1.08. The van der Waals surface area contributed by atoms with Gasteiger partial charge in [0, 0.05) is 0 Å². The fourth-order valence-corrected chi connectivity index (χ4v) is 2.55. The Morgan fingerprint density at radius 3 is 2.44 bits per heavy atom. The van der Waals surface area contributed by atoms with E-state index in [0.29, 0.717) is 11.8 Å². The van der Waals surface area contributed by atoms with Gasteiger partial charge in [-0.15, -0.1) is 6.58 Å². The molecule has 0 aliphatic heterocycles. The second kappa shape index (κ2) is 8.10. The van der Waals surface area contributed by atoms with E-state index in [9.17, 15) is 5.11 Å². The van der Waals surface area contributed by atoms with Gasteiger partial charge in [0.15, 0.2) is 0 Å². The maximum absolute atomic E-state index is 9.97. The van der Waals surface area contributed by atoms with E-state index >= 15 is 0 Å². The number of rotatable bonds is 8. The molecule has 0 amide bonds. The molecule has 0 bridgehead atoms. The third kappa shape index (κ3) is 4.66. The highest BCUT2D eigenvalue weighted by molar-refractivity contribution is 5.16. The van der Waals surface area contributed by atoms with E-state index in [4.69, 9.17) is 0 Å². The first-order chi connectivity index (χ1) is 8.69. The predicted octanol–water partition coefficient (Wildman–Crippen LogP) is 4.22. The molecule has 0 aromatic heterocycles. The summed E-state index contributed by atoms with van der Waals surface area (Å²) in [5, 5.41) is 9.97. The fourth-order valence-electron chi connectivity index (χ4n) is 2.55. The Labute approximate surface area is 112 Å². The second-order valence-electron chi connectivity index (χ2n) is 5.14. The minimum atomic E-state index is -0.261. The van der Waals surface area contributed by atoms with E-state index in [-0.39, 0.29) is 6.10 Å². The Kier molecular flexibility index (Phi) is 6.74. The van der Waals surface area contributed by atoms with Crippen LogP contribution in [-0.2, 0) is 6.42 Å². The number of hydrogen-bond donors (Lipinski definition) is 1. The fraction of sp³-hybridized carbons (Fsp3) is 0.529. The monoisotopic (exact) mass is 246 g/mol. The normalized spacial score (nSPS) is 15.9. The molecule has 0 saturated heterocycles. The lowest BCUT2D eigenvalue weighted by molar-refractivity contribution is 0.0931. The van der Waals surface area contributed by atoms with Crippen LogP contribution in [0.15, 0.2) is 43.0 Å². The van der Waals surface area contributed by atoms with Crippen molar-refractivity contribution in [2.45, 2.75) is 45.6 Å². The minimum Gasteiger partial charge on any atom is -0.393 e. The summed E-state index contributed by atoms with van der Waals surface area (Å²) in [4.78, 5) is 0. The van der Waals surface area contributed by atoms with Crippen LogP contribution in [0.5, 0.6) is 0 Å². The summed E-state index contributed by atoms with van der Waals surface area (Å²) in [5.41, 5.74) is 1.32. The first-order valence-electron chi connectivity index (χ1n) is 7.03. The van der Waals surface area contributed by atoms with Crippen molar-refractivity contribution < 1.29 is 5.11 Å². The Morgan fingerprint density at radius 2 is 1.94 bits per heavy atom. The lowest BCUT2D eigenvalue weighted by atomic mass is 9.80. The molecule has 0 spiro atoms. The maximum Gasteiger partial charge on any atom is 0.0546 e. The lowest BCUT2D eigenvalue weighted by Crippen LogP contribution is -2.26. The van der Waals surface area contributed by atoms with Gasteiger partial charge in [-0.05, 0) is 37.2 Å². The quantitative estimate of drug-likeness (QED) is 0.681. The first-order valence-corrected chi connectivity index (χ1v) is 7.03. The topological polar surface area (TPSA) is 20.2 Å². The molecule has 1 aromatic rings. The molecule has 0 heterocycles. The Morgan fingerprint density at radius 1 is 1.28 bits per heavy atom. The molecular weight excluding hydrogens is 220 g/mol. The van der Waals surface area contributed by atoms with Crippen molar-refractivity contribution in [3.63, 3.8) is 0 Å². The molecule has 1 aromatic carbocycles. The van der Waals surface area contributed by atoms with Gasteiger partial charge < -0.3 is 5.11 Å². The SMILES string of the molecule is C=CC(Cc1ccccc1)C(CCCC)C(C)O. The summed E-state index contributed by atoms with van der Waals surface area (Å²) in [5.74, 6) is 0.682. The van der Waals surface area contributed by atoms with Gasteiger partial charge in [0.05, 0.1) is 6.10 Å². The molecule has 3 atom stereocenters. The van der Waals surface area contributed by atoms with Gasteiger partial charge in [-0.3, -0.25) is 0 Å². The van der Waals surface area contributed by atoms with E-state index in [1.165, 1.54) is 18.4 Å². The molecular formula is C17H26O. The molecule has 1 N–H and O–H groups in total. The van der Waals surface area contributed by atoms with E-state index in [1.807, 2.05) is 19.1 Å². The zero-order valence-corrected chi connectivity index (χ0v) is 11.7. The average molecular weight is 246 g/mol. The van der Waals surface area contributed by atoms with E-state index in [2.05, 4.69) is 37.8 Å². The number of benzene rings is 1. The average Bonchev–Trinajstić information content (AvgIpc) is 2.38. The molecule has 1 rings (SSSR count). The third-order valence-electron chi connectivity index (χ3n) is 3.68. The van der Waals surface area contributed by atoms with E-state index in [0.717, 1.165) is 12.8 Å². The van der Waals surface area contributed by atoms with Crippen LogP contribution in [0.25, 0.3) is 0 Å². The van der Waals surface area contributed by atoms with Crippen molar-refractivity contribution in [3.05, 3.63) is 48.6 Å². The number of hydrogen-bond acceptors (Lipinski definition) is 1. The highest BCUT2D eigenvalue weighted by Gasteiger charge is 2.23. The number of aliphatic hydroxyl groups is 1. The largest absolute Gasteiger partial charge is 0.393 e. The summed E-state index contributed by atoms with van der Waals surface area (Å²) in [7, 11) is 0. The summed E-state index contributed by atoms with van der Waals surface area (Å²) in [6.07, 6.45) is 6.16. The van der Waals surface area contributed by atoms with Crippen molar-refractivity contribution >= 4 is 0 Å². The molecule has 0 aliphatic carbocycles. The number of aliphatic hydroxyl groups excluding tert-OH is 1. The molecule has 0 aliphatic rings. The van der Waals surface area contributed by atoms with E-state index < -0.39 is 0 Å². The highest BCUT2D eigenvalue weighted by atomic mass is 16.3. The van der Waals surface area contributed by atoms with Gasteiger partial charge in [0.25, 0.3) is 0 Å². The standard InChI is InChI=1S/C17H26O/c1-4-6-12-17(14(3)18)16(5-2)13-15-10-8-7-9-11-15/h5,7-11,14,16-18H,2,4,6,12-13H2,1,3H3. The highest BCUT2D eigenvalue weighted by Crippen LogP contribution is 2.26. The van der Waals surface area contributed by atoms with Crippen molar-refractivity contribution in [3.8, 4) is 0 Å². The number of allylic oxidation sites excluding steroid dienone is 1. The van der Waals surface area contributed by atoms with Crippen LogP contribution in [0.1, 0.15) is 38.7 Å². The summed E-state index contributed by atoms with van der Waals surface area (Å²) in [6, 6.07) is 10.5. The zero-order chi connectivity index (χ0) is 13.4. The van der Waals surface area contributed by atoms with Crippen molar-refractivity contribution in [2.75, 3.05) is 0 Å². The molecule has 1 heteroatoms. The van der Waals surface area contributed by atoms with Gasteiger partial charge in [-0.25, -0.2) is 0 Å². The van der Waals surface area contributed by atoms with Crippen LogP contribution in [0.4, 0.5) is 0 Å². The van der Waals surface area contributed by atoms with Crippen LogP contribution in [0, 0.1) is 11.8 Å². The minimum absolute atomic E-state index is 0.261. The zero-order valence-electron chi connectivity index (χ0n) is 11.7. The smallest absolute Gasteiger partial charge is 0.0546 e. The molecule has 0 saturated carbocycles.